The summed E-state index contributed by atoms with van der Waals surface area (Å²) in [5, 5.41) is 0. The van der Waals surface area contributed by atoms with Crippen molar-refractivity contribution < 1.29 is 9.59 Å². The van der Waals surface area contributed by atoms with Crippen molar-refractivity contribution in [2.75, 3.05) is 0 Å². The van der Waals surface area contributed by atoms with E-state index in [9.17, 15) is 9.59 Å². The van der Waals surface area contributed by atoms with Gasteiger partial charge in [-0.2, -0.15) is 0 Å². The maximum Gasteiger partial charge on any atom is 0.176 e. The van der Waals surface area contributed by atoms with E-state index in [0.717, 1.165) is 23.1 Å². The van der Waals surface area contributed by atoms with Crippen LogP contribution in [0, 0.1) is 5.41 Å². The van der Waals surface area contributed by atoms with E-state index in [0.29, 0.717) is 12.8 Å². The minimum Gasteiger partial charge on any atom is -0.299 e. The number of carbonyl (C=O) groups excluding carboxylic acids is 2. The predicted molar refractivity (Wildman–Crippen MR) is 76.3 cm³/mol. The van der Waals surface area contributed by atoms with Crippen LogP contribution in [0.25, 0.3) is 0 Å². The molecular formula is C17H20O2. The number of ketones is 2. The predicted octanol–water partition coefficient (Wildman–Crippen LogP) is 3.75. The molecular weight excluding hydrogens is 236 g/mol. The third-order valence-electron chi connectivity index (χ3n) is 4.05. The maximum atomic E-state index is 12.7. The van der Waals surface area contributed by atoms with Gasteiger partial charge in [-0.3, -0.25) is 9.59 Å². The Balaban J connectivity index is 2.45. The summed E-state index contributed by atoms with van der Waals surface area (Å²) < 4.78 is 0. The number of Topliss-reactive ketones (excluding diaryl/α,β-unsaturated/α-hetero) is 2. The zero-order chi connectivity index (χ0) is 14.0. The van der Waals surface area contributed by atoms with E-state index in [1.807, 2.05) is 44.2 Å². The van der Waals surface area contributed by atoms with Crippen molar-refractivity contribution in [1.82, 2.24) is 0 Å². The lowest BCUT2D eigenvalue weighted by molar-refractivity contribution is -0.124. The van der Waals surface area contributed by atoms with E-state index >= 15 is 0 Å². The van der Waals surface area contributed by atoms with Crippen molar-refractivity contribution in [1.29, 1.82) is 0 Å². The summed E-state index contributed by atoms with van der Waals surface area (Å²) in [7, 11) is 0. The molecule has 2 heteroatoms. The first-order valence-corrected chi connectivity index (χ1v) is 6.74. The molecule has 0 aliphatic heterocycles. The second-order valence-corrected chi connectivity index (χ2v) is 5.61. The number of benzene rings is 1. The van der Waals surface area contributed by atoms with Crippen molar-refractivity contribution in [3.8, 4) is 0 Å². The summed E-state index contributed by atoms with van der Waals surface area (Å²) in [6.45, 7) is 5.54. The minimum absolute atomic E-state index is 0.000602. The fourth-order valence-electron chi connectivity index (χ4n) is 2.73. The Bertz CT molecular complexity index is 550. The van der Waals surface area contributed by atoms with Gasteiger partial charge in [0.2, 0.25) is 0 Å². The molecule has 0 N–H and O–H groups in total. The standard InChI is InChI=1S/C17H20O2/c1-12(2)8-10-17(13(3)18)11-9-14-6-4-5-7-15(14)16(17)19/h4-8H,9-11H2,1-3H3. The molecule has 19 heavy (non-hydrogen) atoms. The average Bonchev–Trinajstić information content (AvgIpc) is 2.38. The van der Waals surface area contributed by atoms with Gasteiger partial charge < -0.3 is 0 Å². The molecule has 1 aromatic rings. The molecule has 1 aromatic carbocycles. The molecule has 0 aromatic heterocycles. The van der Waals surface area contributed by atoms with Gasteiger partial charge in [-0.15, -0.1) is 0 Å². The van der Waals surface area contributed by atoms with Crippen LogP contribution in [0.5, 0.6) is 0 Å². The zero-order valence-corrected chi connectivity index (χ0v) is 11.8. The van der Waals surface area contributed by atoms with Gasteiger partial charge in [-0.25, -0.2) is 0 Å². The van der Waals surface area contributed by atoms with Crippen LogP contribution in [0.15, 0.2) is 35.9 Å². The number of carbonyl (C=O) groups is 2. The van der Waals surface area contributed by atoms with Crippen LogP contribution in [0.2, 0.25) is 0 Å². The van der Waals surface area contributed by atoms with Crippen LogP contribution < -0.4 is 0 Å². The molecule has 1 unspecified atom stereocenters. The topological polar surface area (TPSA) is 34.1 Å². The van der Waals surface area contributed by atoms with Gasteiger partial charge in [-0.1, -0.05) is 35.9 Å². The molecule has 0 bridgehead atoms. The van der Waals surface area contributed by atoms with Crippen molar-refractivity contribution in [3.05, 3.63) is 47.0 Å². The van der Waals surface area contributed by atoms with Crippen molar-refractivity contribution in [3.63, 3.8) is 0 Å². The number of aryl methyl sites for hydroxylation is 1. The van der Waals surface area contributed by atoms with Gasteiger partial charge in [0, 0.05) is 5.56 Å². The summed E-state index contributed by atoms with van der Waals surface area (Å²) in [6.07, 6.45) is 3.96. The first-order valence-electron chi connectivity index (χ1n) is 6.74. The molecule has 0 saturated carbocycles. The number of allylic oxidation sites excluding steroid dienone is 2. The van der Waals surface area contributed by atoms with Crippen LogP contribution in [0.3, 0.4) is 0 Å². The Morgan fingerprint density at radius 3 is 2.58 bits per heavy atom. The Hall–Kier alpha value is -1.70. The smallest absolute Gasteiger partial charge is 0.176 e. The van der Waals surface area contributed by atoms with Crippen molar-refractivity contribution >= 4 is 11.6 Å². The van der Waals surface area contributed by atoms with Crippen molar-refractivity contribution in [2.24, 2.45) is 5.41 Å². The molecule has 0 saturated heterocycles. The Kier molecular flexibility index (Phi) is 3.70. The third-order valence-corrected chi connectivity index (χ3v) is 4.05. The van der Waals surface area contributed by atoms with Crippen LogP contribution in [-0.4, -0.2) is 11.6 Å². The van der Waals surface area contributed by atoms with Gasteiger partial charge >= 0.3 is 0 Å². The van der Waals surface area contributed by atoms with Gasteiger partial charge in [-0.05, 0) is 45.6 Å². The van der Waals surface area contributed by atoms with Crippen molar-refractivity contribution in [2.45, 2.75) is 40.0 Å². The fraction of sp³-hybridized carbons (Fsp3) is 0.412. The van der Waals surface area contributed by atoms with Crippen LogP contribution in [-0.2, 0) is 11.2 Å². The fourth-order valence-corrected chi connectivity index (χ4v) is 2.73. The van der Waals surface area contributed by atoms with E-state index in [4.69, 9.17) is 0 Å². The van der Waals surface area contributed by atoms with Crippen LogP contribution in [0.1, 0.15) is 49.5 Å². The maximum absolute atomic E-state index is 12.7. The highest BCUT2D eigenvalue weighted by Crippen LogP contribution is 2.39. The van der Waals surface area contributed by atoms with Crippen LogP contribution in [0.4, 0.5) is 0 Å². The summed E-state index contributed by atoms with van der Waals surface area (Å²) in [6, 6.07) is 7.64. The number of rotatable bonds is 3. The lowest BCUT2D eigenvalue weighted by Crippen LogP contribution is -2.41. The highest BCUT2D eigenvalue weighted by molar-refractivity contribution is 6.15. The van der Waals surface area contributed by atoms with E-state index < -0.39 is 5.41 Å². The second-order valence-electron chi connectivity index (χ2n) is 5.61. The largest absolute Gasteiger partial charge is 0.299 e. The van der Waals surface area contributed by atoms with E-state index in [1.165, 1.54) is 0 Å². The minimum atomic E-state index is -0.842. The summed E-state index contributed by atoms with van der Waals surface area (Å²) >= 11 is 0. The van der Waals surface area contributed by atoms with Gasteiger partial charge in [0.15, 0.2) is 5.78 Å². The monoisotopic (exact) mass is 256 g/mol. The second kappa shape index (κ2) is 5.12. The van der Waals surface area contributed by atoms with E-state index in [-0.39, 0.29) is 11.6 Å². The summed E-state index contributed by atoms with van der Waals surface area (Å²) in [4.78, 5) is 24.8. The molecule has 0 fully saturated rings. The molecule has 0 spiro atoms. The average molecular weight is 256 g/mol. The number of fused-ring (bicyclic) bond motifs is 1. The quantitative estimate of drug-likeness (QED) is 0.609. The lowest BCUT2D eigenvalue weighted by Gasteiger charge is -2.33. The molecule has 1 atom stereocenters. The first kappa shape index (κ1) is 13.7. The molecule has 2 rings (SSSR count). The SMILES string of the molecule is CC(=O)C1(CC=C(C)C)CCc2ccccc2C1=O. The lowest BCUT2D eigenvalue weighted by atomic mass is 9.66. The van der Waals surface area contributed by atoms with E-state index in [2.05, 4.69) is 0 Å². The Morgan fingerprint density at radius 2 is 1.95 bits per heavy atom. The first-order chi connectivity index (χ1) is 8.97. The normalized spacial score (nSPS) is 21.7. The third kappa shape index (κ3) is 2.40. The van der Waals surface area contributed by atoms with E-state index in [1.54, 1.807) is 6.92 Å². The van der Waals surface area contributed by atoms with Crippen LogP contribution >= 0.6 is 0 Å². The molecule has 0 heterocycles. The molecule has 1 aliphatic rings. The molecule has 2 nitrogen and oxygen atoms in total. The number of hydrogen-bond donors (Lipinski definition) is 0. The Morgan fingerprint density at radius 1 is 1.26 bits per heavy atom. The highest BCUT2D eigenvalue weighted by Gasteiger charge is 2.45. The van der Waals surface area contributed by atoms with Gasteiger partial charge in [0.05, 0.1) is 5.41 Å². The summed E-state index contributed by atoms with van der Waals surface area (Å²) in [5.41, 5.74) is 2.10. The van der Waals surface area contributed by atoms with Gasteiger partial charge in [0.1, 0.15) is 5.78 Å². The molecule has 100 valence electrons. The highest BCUT2D eigenvalue weighted by atomic mass is 16.2. The molecule has 0 radical (unpaired) electrons. The van der Waals surface area contributed by atoms with Gasteiger partial charge in [0.25, 0.3) is 0 Å². The molecule has 0 amide bonds. The number of hydrogen-bond acceptors (Lipinski definition) is 2. The zero-order valence-electron chi connectivity index (χ0n) is 11.8. The molecule has 1 aliphatic carbocycles. The summed E-state index contributed by atoms with van der Waals surface area (Å²) in [5.74, 6) is -0.0103. The Labute approximate surface area is 114 Å².